The first-order chi connectivity index (χ1) is 14.5. The van der Waals surface area contributed by atoms with Crippen LogP contribution in [0.2, 0.25) is 0 Å². The molecule has 30 heavy (non-hydrogen) atoms. The summed E-state index contributed by atoms with van der Waals surface area (Å²) in [5, 5.41) is 5.70. The number of carbonyl (C=O) groups is 2. The molecule has 0 spiro atoms. The third kappa shape index (κ3) is 5.10. The maximum atomic E-state index is 12.7. The zero-order valence-corrected chi connectivity index (χ0v) is 17.8. The lowest BCUT2D eigenvalue weighted by atomic mass is 10.0. The van der Waals surface area contributed by atoms with Gasteiger partial charge in [0.15, 0.2) is 6.54 Å². The normalized spacial score (nSPS) is 18.0. The average Bonchev–Trinajstić information content (AvgIpc) is 3.21. The maximum Gasteiger partial charge on any atom is 0.279 e. The lowest BCUT2D eigenvalue weighted by Crippen LogP contribution is -3.11. The number of rotatable bonds is 8. The Bertz CT molecular complexity index is 900. The van der Waals surface area contributed by atoms with Crippen LogP contribution in [0.1, 0.15) is 41.7 Å². The van der Waals surface area contributed by atoms with Crippen molar-refractivity contribution in [3.63, 3.8) is 0 Å². The number of ether oxygens (including phenoxy) is 2. The van der Waals surface area contributed by atoms with Gasteiger partial charge in [-0.2, -0.15) is 0 Å². The van der Waals surface area contributed by atoms with Gasteiger partial charge < -0.3 is 25.0 Å². The standard InChI is InChI=1S/C23H29N3O4/c1-4-24-23(28)16-7-5-8-17(13-16)25-22(27)15-26-12-6-9-20(26)19-14-18(29-2)10-11-21(19)30-3/h5,7-8,10-11,13-14,20H,4,6,9,12,15H2,1-3H3,(H,24,28)(H,25,27)/p+1/t20-/m1/s1. The van der Waals surface area contributed by atoms with Gasteiger partial charge in [-0.15, -0.1) is 0 Å². The molecule has 0 bridgehead atoms. The number of nitrogens with one attached hydrogen (secondary N) is 3. The van der Waals surface area contributed by atoms with Crippen LogP contribution in [0, 0.1) is 0 Å². The molecular formula is C23H30N3O4+. The largest absolute Gasteiger partial charge is 0.497 e. The molecule has 2 amide bonds. The number of anilines is 1. The number of quaternary nitrogens is 1. The molecule has 1 unspecified atom stereocenters. The summed E-state index contributed by atoms with van der Waals surface area (Å²) < 4.78 is 10.9. The summed E-state index contributed by atoms with van der Waals surface area (Å²) in [6.45, 7) is 3.69. The maximum absolute atomic E-state index is 12.7. The number of carbonyl (C=O) groups excluding carboxylic acids is 2. The molecule has 2 aromatic carbocycles. The van der Waals surface area contributed by atoms with Crippen LogP contribution in [-0.2, 0) is 4.79 Å². The minimum Gasteiger partial charge on any atom is -0.497 e. The Balaban J connectivity index is 1.70. The van der Waals surface area contributed by atoms with Crippen molar-refractivity contribution in [2.75, 3.05) is 39.2 Å². The van der Waals surface area contributed by atoms with Crippen LogP contribution in [0.25, 0.3) is 0 Å². The first-order valence-corrected chi connectivity index (χ1v) is 10.3. The van der Waals surface area contributed by atoms with Gasteiger partial charge in [-0.1, -0.05) is 6.07 Å². The van der Waals surface area contributed by atoms with Gasteiger partial charge in [0, 0.05) is 30.6 Å². The fourth-order valence-corrected chi connectivity index (χ4v) is 4.02. The zero-order valence-electron chi connectivity index (χ0n) is 17.8. The quantitative estimate of drug-likeness (QED) is 0.618. The molecule has 7 heteroatoms. The molecule has 3 rings (SSSR count). The fourth-order valence-electron chi connectivity index (χ4n) is 4.02. The highest BCUT2D eigenvalue weighted by molar-refractivity contribution is 5.97. The van der Waals surface area contributed by atoms with Crippen molar-refractivity contribution >= 4 is 17.5 Å². The van der Waals surface area contributed by atoms with E-state index in [0.717, 1.165) is 36.4 Å². The van der Waals surface area contributed by atoms with E-state index in [2.05, 4.69) is 10.6 Å². The second kappa shape index (κ2) is 10.1. The third-order valence-corrected chi connectivity index (χ3v) is 5.43. The number of amides is 2. The van der Waals surface area contributed by atoms with Gasteiger partial charge in [0.1, 0.15) is 17.5 Å². The van der Waals surface area contributed by atoms with Gasteiger partial charge in [-0.25, -0.2) is 0 Å². The summed E-state index contributed by atoms with van der Waals surface area (Å²) in [5.41, 5.74) is 2.22. The number of hydrogen-bond acceptors (Lipinski definition) is 4. The topological polar surface area (TPSA) is 81.1 Å². The molecule has 0 aromatic heterocycles. The van der Waals surface area contributed by atoms with Crippen LogP contribution in [0.3, 0.4) is 0 Å². The van der Waals surface area contributed by atoms with Crippen LogP contribution >= 0.6 is 0 Å². The number of methoxy groups -OCH3 is 2. The Morgan fingerprint density at radius 3 is 2.70 bits per heavy atom. The summed E-state index contributed by atoms with van der Waals surface area (Å²) in [5.74, 6) is 1.37. The molecule has 7 nitrogen and oxygen atoms in total. The minimum absolute atomic E-state index is 0.0770. The number of benzene rings is 2. The summed E-state index contributed by atoms with van der Waals surface area (Å²) >= 11 is 0. The molecule has 1 fully saturated rings. The highest BCUT2D eigenvalue weighted by Gasteiger charge is 2.34. The molecule has 0 aliphatic carbocycles. The van der Waals surface area contributed by atoms with Gasteiger partial charge in [-0.05, 0) is 43.3 Å². The lowest BCUT2D eigenvalue weighted by molar-refractivity contribution is -0.910. The first-order valence-electron chi connectivity index (χ1n) is 10.3. The second-order valence-corrected chi connectivity index (χ2v) is 7.38. The highest BCUT2D eigenvalue weighted by Crippen LogP contribution is 2.31. The molecule has 160 valence electrons. The summed E-state index contributed by atoms with van der Waals surface area (Å²) in [6, 6.07) is 13.0. The Morgan fingerprint density at radius 2 is 1.97 bits per heavy atom. The molecule has 0 radical (unpaired) electrons. The molecule has 2 aromatic rings. The van der Waals surface area contributed by atoms with E-state index >= 15 is 0 Å². The Morgan fingerprint density at radius 1 is 1.13 bits per heavy atom. The van der Waals surface area contributed by atoms with Crippen molar-refractivity contribution in [3.05, 3.63) is 53.6 Å². The van der Waals surface area contributed by atoms with E-state index in [0.29, 0.717) is 24.3 Å². The number of hydrogen-bond donors (Lipinski definition) is 3. The van der Waals surface area contributed by atoms with Crippen molar-refractivity contribution in [2.45, 2.75) is 25.8 Å². The van der Waals surface area contributed by atoms with E-state index in [-0.39, 0.29) is 17.9 Å². The van der Waals surface area contributed by atoms with Gasteiger partial charge in [0.25, 0.3) is 11.8 Å². The van der Waals surface area contributed by atoms with Crippen molar-refractivity contribution in [2.24, 2.45) is 0 Å². The molecule has 1 aliphatic rings. The molecule has 0 saturated carbocycles. The van der Waals surface area contributed by atoms with E-state index in [1.54, 1.807) is 38.5 Å². The predicted molar refractivity (Wildman–Crippen MR) is 115 cm³/mol. The van der Waals surface area contributed by atoms with E-state index in [4.69, 9.17) is 9.47 Å². The first kappa shape index (κ1) is 21.6. The number of likely N-dealkylation sites (tertiary alicyclic amines) is 1. The van der Waals surface area contributed by atoms with Crippen molar-refractivity contribution in [1.29, 1.82) is 0 Å². The van der Waals surface area contributed by atoms with Crippen LogP contribution in [0.5, 0.6) is 11.5 Å². The molecular weight excluding hydrogens is 382 g/mol. The zero-order chi connectivity index (χ0) is 21.5. The predicted octanol–water partition coefficient (Wildman–Crippen LogP) is 1.81. The van der Waals surface area contributed by atoms with E-state index in [1.165, 1.54) is 4.90 Å². The summed E-state index contributed by atoms with van der Waals surface area (Å²) in [6.07, 6.45) is 2.03. The molecule has 1 heterocycles. The van der Waals surface area contributed by atoms with Gasteiger partial charge in [0.2, 0.25) is 0 Å². The van der Waals surface area contributed by atoms with Crippen molar-refractivity contribution in [1.82, 2.24) is 5.32 Å². The van der Waals surface area contributed by atoms with Gasteiger partial charge in [0.05, 0.1) is 26.3 Å². The van der Waals surface area contributed by atoms with Gasteiger partial charge >= 0.3 is 0 Å². The molecule has 2 atom stereocenters. The fraction of sp³-hybridized carbons (Fsp3) is 0.391. The van der Waals surface area contributed by atoms with Crippen LogP contribution in [0.15, 0.2) is 42.5 Å². The summed E-state index contributed by atoms with van der Waals surface area (Å²) in [7, 11) is 3.31. The Kier molecular flexibility index (Phi) is 7.30. The smallest absolute Gasteiger partial charge is 0.279 e. The monoisotopic (exact) mass is 412 g/mol. The van der Waals surface area contributed by atoms with Crippen molar-refractivity contribution in [3.8, 4) is 11.5 Å². The minimum atomic E-state index is -0.149. The van der Waals surface area contributed by atoms with Gasteiger partial charge in [-0.3, -0.25) is 9.59 Å². The molecule has 3 N–H and O–H groups in total. The Labute approximate surface area is 177 Å². The van der Waals surface area contributed by atoms with Crippen LogP contribution in [0.4, 0.5) is 5.69 Å². The SMILES string of the molecule is CCNC(=O)c1cccc(NC(=O)C[NH+]2CCC[C@@H]2c2cc(OC)ccc2OC)c1. The van der Waals surface area contributed by atoms with E-state index < -0.39 is 0 Å². The Hall–Kier alpha value is -3.06. The third-order valence-electron chi connectivity index (χ3n) is 5.43. The molecule has 1 aliphatic heterocycles. The van der Waals surface area contributed by atoms with Crippen molar-refractivity contribution < 1.29 is 24.0 Å². The molecule has 1 saturated heterocycles. The van der Waals surface area contributed by atoms with E-state index in [9.17, 15) is 9.59 Å². The van der Waals surface area contributed by atoms with Crippen LogP contribution < -0.4 is 25.0 Å². The summed E-state index contributed by atoms with van der Waals surface area (Å²) in [4.78, 5) is 26.0. The lowest BCUT2D eigenvalue weighted by Gasteiger charge is -2.23. The second-order valence-electron chi connectivity index (χ2n) is 7.38. The average molecular weight is 413 g/mol. The van der Waals surface area contributed by atoms with Crippen LogP contribution in [-0.4, -0.2) is 45.7 Å². The van der Waals surface area contributed by atoms with E-state index in [1.807, 2.05) is 25.1 Å². The highest BCUT2D eigenvalue weighted by atomic mass is 16.5.